The molecule has 2 N–H and O–H groups in total. The Balaban J connectivity index is 1.79. The first-order chi connectivity index (χ1) is 12.7. The third-order valence-electron chi connectivity index (χ3n) is 4.03. The molecule has 2 aromatic carbocycles. The molecule has 0 aliphatic rings. The number of aliphatic hydroxyl groups is 1. The normalized spacial score (nSPS) is 12.7. The van der Waals surface area contributed by atoms with Gasteiger partial charge in [-0.25, -0.2) is 0 Å². The molecule has 1 atom stereocenters. The monoisotopic (exact) mass is 381 g/mol. The average Bonchev–Trinajstić information content (AvgIpc) is 2.64. The van der Waals surface area contributed by atoms with E-state index in [1.54, 1.807) is 12.1 Å². The molecule has 1 unspecified atom stereocenters. The Kier molecular flexibility index (Phi) is 6.85. The summed E-state index contributed by atoms with van der Waals surface area (Å²) in [4.78, 5) is 11.8. The molecule has 0 spiro atoms. The van der Waals surface area contributed by atoms with Crippen molar-refractivity contribution in [3.8, 4) is 5.75 Å². The van der Waals surface area contributed by atoms with E-state index in [0.717, 1.165) is 17.7 Å². The van der Waals surface area contributed by atoms with Crippen LogP contribution in [0.15, 0.2) is 48.5 Å². The van der Waals surface area contributed by atoms with E-state index in [1.807, 2.05) is 12.1 Å². The molecule has 0 saturated heterocycles. The number of carbonyl (C=O) groups is 1. The predicted molar refractivity (Wildman–Crippen MR) is 95.4 cm³/mol. The van der Waals surface area contributed by atoms with Crippen LogP contribution in [-0.2, 0) is 11.0 Å². The number of halogens is 3. The molecule has 2 aromatic rings. The van der Waals surface area contributed by atoms with Gasteiger partial charge in [-0.3, -0.25) is 4.79 Å². The van der Waals surface area contributed by atoms with Gasteiger partial charge in [0.2, 0.25) is 0 Å². The van der Waals surface area contributed by atoms with Crippen molar-refractivity contribution in [1.82, 2.24) is 5.32 Å². The predicted octanol–water partition coefficient (Wildman–Crippen LogP) is 4.06. The van der Waals surface area contributed by atoms with Crippen LogP contribution >= 0.6 is 0 Å². The molecular weight excluding hydrogens is 359 g/mol. The highest BCUT2D eigenvalue weighted by atomic mass is 19.4. The molecule has 0 fully saturated rings. The van der Waals surface area contributed by atoms with Crippen LogP contribution in [0.5, 0.6) is 5.75 Å². The van der Waals surface area contributed by atoms with Gasteiger partial charge >= 0.3 is 6.18 Å². The quantitative estimate of drug-likeness (QED) is 0.761. The molecular formula is C20H22F3NO3. The lowest BCUT2D eigenvalue weighted by atomic mass is 10.0. The van der Waals surface area contributed by atoms with Gasteiger partial charge < -0.3 is 15.2 Å². The molecule has 0 radical (unpaired) electrons. The van der Waals surface area contributed by atoms with Gasteiger partial charge in [-0.1, -0.05) is 38.1 Å². The third kappa shape index (κ3) is 6.29. The Morgan fingerprint density at radius 1 is 1.04 bits per heavy atom. The van der Waals surface area contributed by atoms with Crippen LogP contribution in [0.3, 0.4) is 0 Å². The van der Waals surface area contributed by atoms with Gasteiger partial charge in [0.05, 0.1) is 11.7 Å². The van der Waals surface area contributed by atoms with Crippen LogP contribution < -0.4 is 10.1 Å². The number of rotatable bonds is 7. The fourth-order valence-corrected chi connectivity index (χ4v) is 2.37. The van der Waals surface area contributed by atoms with Gasteiger partial charge in [0, 0.05) is 6.54 Å². The first kappa shape index (κ1) is 20.8. The Morgan fingerprint density at radius 2 is 1.59 bits per heavy atom. The maximum atomic E-state index is 12.5. The van der Waals surface area contributed by atoms with Gasteiger partial charge in [0.1, 0.15) is 5.75 Å². The summed E-state index contributed by atoms with van der Waals surface area (Å²) in [6.07, 6.45) is -5.54. The first-order valence-corrected chi connectivity index (χ1v) is 8.51. The summed E-state index contributed by atoms with van der Waals surface area (Å²) < 4.78 is 43.0. The molecule has 4 nitrogen and oxygen atoms in total. The van der Waals surface area contributed by atoms with E-state index in [2.05, 4.69) is 19.2 Å². The fraction of sp³-hybridized carbons (Fsp3) is 0.350. The Labute approximate surface area is 156 Å². The molecule has 0 bridgehead atoms. The number of ether oxygens (including phenoxy) is 1. The molecule has 0 aromatic heterocycles. The fourth-order valence-electron chi connectivity index (χ4n) is 2.37. The van der Waals surface area contributed by atoms with E-state index in [1.165, 1.54) is 12.1 Å². The number of hydrogen-bond donors (Lipinski definition) is 2. The zero-order valence-corrected chi connectivity index (χ0v) is 15.1. The number of carbonyl (C=O) groups excluding carboxylic acids is 1. The highest BCUT2D eigenvalue weighted by Crippen LogP contribution is 2.29. The van der Waals surface area contributed by atoms with E-state index in [0.29, 0.717) is 11.7 Å². The topological polar surface area (TPSA) is 58.6 Å². The Hall–Kier alpha value is -2.54. The molecule has 146 valence electrons. The van der Waals surface area contributed by atoms with Gasteiger partial charge in [-0.05, 0) is 41.3 Å². The standard InChI is InChI=1S/C20H22F3NO3/c1-13(2)14-5-9-17(10-6-14)27-12-19(26)24-11-18(25)15-3-7-16(8-4-15)20(21,22)23/h3-10,13,18,25H,11-12H2,1-2H3,(H,24,26). The molecule has 0 saturated carbocycles. The highest BCUT2D eigenvalue weighted by Gasteiger charge is 2.30. The number of amides is 1. The molecule has 27 heavy (non-hydrogen) atoms. The summed E-state index contributed by atoms with van der Waals surface area (Å²) in [6.45, 7) is 3.80. The van der Waals surface area contributed by atoms with Gasteiger partial charge in [0.25, 0.3) is 5.91 Å². The zero-order valence-electron chi connectivity index (χ0n) is 15.1. The maximum absolute atomic E-state index is 12.5. The summed E-state index contributed by atoms with van der Waals surface area (Å²) >= 11 is 0. The molecule has 1 amide bonds. The van der Waals surface area contributed by atoms with E-state index >= 15 is 0 Å². The van der Waals surface area contributed by atoms with E-state index in [-0.39, 0.29) is 18.7 Å². The van der Waals surface area contributed by atoms with Crippen molar-refractivity contribution < 1.29 is 27.8 Å². The lowest BCUT2D eigenvalue weighted by Crippen LogP contribution is -2.32. The Bertz CT molecular complexity index is 741. The molecule has 2 rings (SSSR count). The van der Waals surface area contributed by atoms with Crippen LogP contribution in [0.1, 0.15) is 42.6 Å². The lowest BCUT2D eigenvalue weighted by molar-refractivity contribution is -0.137. The largest absolute Gasteiger partial charge is 0.484 e. The number of alkyl halides is 3. The second kappa shape index (κ2) is 8.90. The van der Waals surface area contributed by atoms with E-state index < -0.39 is 23.8 Å². The second-order valence-corrected chi connectivity index (χ2v) is 6.45. The minimum absolute atomic E-state index is 0.125. The molecule has 0 heterocycles. The number of aliphatic hydroxyl groups excluding tert-OH is 1. The summed E-state index contributed by atoms with van der Waals surface area (Å²) in [5.41, 5.74) is 0.652. The van der Waals surface area contributed by atoms with E-state index in [9.17, 15) is 23.1 Å². The lowest BCUT2D eigenvalue weighted by Gasteiger charge is -2.14. The molecule has 0 aliphatic heterocycles. The van der Waals surface area contributed by atoms with Crippen LogP contribution in [0.2, 0.25) is 0 Å². The summed E-state index contributed by atoms with van der Waals surface area (Å²) in [5.74, 6) is 0.515. The molecule has 0 aliphatic carbocycles. The Morgan fingerprint density at radius 3 is 2.11 bits per heavy atom. The summed E-state index contributed by atoms with van der Waals surface area (Å²) in [6, 6.07) is 11.6. The maximum Gasteiger partial charge on any atom is 0.416 e. The number of benzene rings is 2. The summed E-state index contributed by atoms with van der Waals surface area (Å²) in [7, 11) is 0. The van der Waals surface area contributed by atoms with Gasteiger partial charge in [0.15, 0.2) is 6.61 Å². The molecule has 7 heteroatoms. The van der Waals surface area contributed by atoms with Crippen molar-refractivity contribution in [2.75, 3.05) is 13.2 Å². The minimum Gasteiger partial charge on any atom is -0.484 e. The summed E-state index contributed by atoms with van der Waals surface area (Å²) in [5, 5.41) is 12.5. The SMILES string of the molecule is CC(C)c1ccc(OCC(=O)NCC(O)c2ccc(C(F)(F)F)cc2)cc1. The highest BCUT2D eigenvalue weighted by molar-refractivity contribution is 5.77. The van der Waals surface area contributed by atoms with Crippen LogP contribution in [-0.4, -0.2) is 24.2 Å². The van der Waals surface area contributed by atoms with Crippen molar-refractivity contribution >= 4 is 5.91 Å². The van der Waals surface area contributed by atoms with Crippen molar-refractivity contribution in [1.29, 1.82) is 0 Å². The van der Waals surface area contributed by atoms with Crippen molar-refractivity contribution in [2.45, 2.75) is 32.0 Å². The smallest absolute Gasteiger partial charge is 0.416 e. The van der Waals surface area contributed by atoms with Gasteiger partial charge in [-0.15, -0.1) is 0 Å². The van der Waals surface area contributed by atoms with E-state index in [4.69, 9.17) is 4.74 Å². The van der Waals surface area contributed by atoms with Crippen LogP contribution in [0, 0.1) is 0 Å². The van der Waals surface area contributed by atoms with Gasteiger partial charge in [-0.2, -0.15) is 13.2 Å². The third-order valence-corrected chi connectivity index (χ3v) is 4.03. The number of hydrogen-bond acceptors (Lipinski definition) is 3. The van der Waals surface area contributed by atoms with Crippen molar-refractivity contribution in [2.24, 2.45) is 0 Å². The van der Waals surface area contributed by atoms with Crippen LogP contribution in [0.25, 0.3) is 0 Å². The van der Waals surface area contributed by atoms with Crippen molar-refractivity contribution in [3.05, 3.63) is 65.2 Å². The minimum atomic E-state index is -4.43. The first-order valence-electron chi connectivity index (χ1n) is 8.51. The van der Waals surface area contributed by atoms with Crippen LogP contribution in [0.4, 0.5) is 13.2 Å². The number of nitrogens with one attached hydrogen (secondary N) is 1. The zero-order chi connectivity index (χ0) is 20.0. The van der Waals surface area contributed by atoms with Crippen molar-refractivity contribution in [3.63, 3.8) is 0 Å². The second-order valence-electron chi connectivity index (χ2n) is 6.45. The average molecular weight is 381 g/mol.